The summed E-state index contributed by atoms with van der Waals surface area (Å²) in [5, 5.41) is 3.00. The molecule has 0 atom stereocenters. The van der Waals surface area contributed by atoms with Crippen LogP contribution in [-0.4, -0.2) is 41.4 Å². The summed E-state index contributed by atoms with van der Waals surface area (Å²) in [6.45, 7) is 4.29. The number of hydrogen-bond donors (Lipinski definition) is 1. The van der Waals surface area contributed by atoms with Crippen LogP contribution in [0.5, 0.6) is 0 Å². The van der Waals surface area contributed by atoms with Crippen LogP contribution in [0.1, 0.15) is 29.6 Å². The van der Waals surface area contributed by atoms with Gasteiger partial charge in [0, 0.05) is 24.5 Å². The number of aromatic nitrogens is 1. The molecule has 0 radical (unpaired) electrons. The van der Waals surface area contributed by atoms with Gasteiger partial charge in [0.25, 0.3) is 5.91 Å². The average molecular weight is 271 g/mol. The molecule has 1 fully saturated rings. The number of amides is 1. The van der Waals surface area contributed by atoms with Crippen LogP contribution in [0, 0.1) is 0 Å². The molecule has 1 N–H and O–H groups in total. The van der Waals surface area contributed by atoms with Crippen molar-refractivity contribution in [3.05, 3.63) is 42.2 Å². The van der Waals surface area contributed by atoms with Crippen molar-refractivity contribution in [1.29, 1.82) is 0 Å². The fourth-order valence-electron chi connectivity index (χ4n) is 2.79. The maximum absolute atomic E-state index is 12.1. The zero-order chi connectivity index (χ0) is 13.8. The molecule has 0 unspecified atom stereocenters. The van der Waals surface area contributed by atoms with Gasteiger partial charge in [0.2, 0.25) is 0 Å². The van der Waals surface area contributed by atoms with E-state index >= 15 is 0 Å². The molecule has 1 saturated heterocycles. The fraction of sp³-hybridized carbons (Fsp3) is 0.438. The van der Waals surface area contributed by atoms with Gasteiger partial charge >= 0.3 is 0 Å². The standard InChI is InChI=1S/C16H21N3O/c20-16(17-7-5-10-18-8-3-4-9-18)14-12-15-6-1-2-11-19(15)13-14/h1-2,6,11-13H,3-5,7-10H2,(H,17,20). The molecule has 1 aliphatic rings. The molecule has 0 spiro atoms. The number of hydrogen-bond acceptors (Lipinski definition) is 2. The minimum absolute atomic E-state index is 0.0233. The van der Waals surface area contributed by atoms with Gasteiger partial charge in [-0.05, 0) is 57.1 Å². The summed E-state index contributed by atoms with van der Waals surface area (Å²) >= 11 is 0. The lowest BCUT2D eigenvalue weighted by Crippen LogP contribution is -2.28. The largest absolute Gasteiger partial charge is 0.352 e. The quantitative estimate of drug-likeness (QED) is 0.846. The van der Waals surface area contributed by atoms with Gasteiger partial charge in [-0.1, -0.05) is 6.07 Å². The third kappa shape index (κ3) is 3.02. The van der Waals surface area contributed by atoms with E-state index in [9.17, 15) is 4.79 Å². The molecule has 0 bridgehead atoms. The van der Waals surface area contributed by atoms with E-state index in [1.165, 1.54) is 25.9 Å². The van der Waals surface area contributed by atoms with Crippen molar-refractivity contribution in [2.24, 2.45) is 0 Å². The summed E-state index contributed by atoms with van der Waals surface area (Å²) in [7, 11) is 0. The summed E-state index contributed by atoms with van der Waals surface area (Å²) in [5.74, 6) is 0.0233. The molecule has 2 aromatic rings. The Morgan fingerprint density at radius 2 is 2.10 bits per heavy atom. The zero-order valence-corrected chi connectivity index (χ0v) is 11.7. The number of nitrogens with zero attached hydrogens (tertiary/aromatic N) is 2. The number of fused-ring (bicyclic) bond motifs is 1. The van der Waals surface area contributed by atoms with Crippen LogP contribution in [0.2, 0.25) is 0 Å². The molecule has 106 valence electrons. The van der Waals surface area contributed by atoms with E-state index in [0.29, 0.717) is 0 Å². The van der Waals surface area contributed by atoms with Crippen molar-refractivity contribution < 1.29 is 4.79 Å². The second-order valence-electron chi connectivity index (χ2n) is 5.42. The van der Waals surface area contributed by atoms with Crippen LogP contribution in [0.15, 0.2) is 36.7 Å². The van der Waals surface area contributed by atoms with Gasteiger partial charge in [-0.2, -0.15) is 0 Å². The lowest BCUT2D eigenvalue weighted by atomic mass is 10.3. The second kappa shape index (κ2) is 6.09. The van der Waals surface area contributed by atoms with Crippen LogP contribution in [-0.2, 0) is 0 Å². The molecule has 2 aromatic heterocycles. The molecular formula is C16H21N3O. The molecular weight excluding hydrogens is 250 g/mol. The Morgan fingerprint density at radius 1 is 1.25 bits per heavy atom. The minimum Gasteiger partial charge on any atom is -0.352 e. The molecule has 0 aromatic carbocycles. The normalized spacial score (nSPS) is 15.8. The lowest BCUT2D eigenvalue weighted by Gasteiger charge is -2.14. The van der Waals surface area contributed by atoms with E-state index in [1.54, 1.807) is 0 Å². The van der Waals surface area contributed by atoms with E-state index < -0.39 is 0 Å². The number of pyridine rings is 1. The predicted molar refractivity (Wildman–Crippen MR) is 80.0 cm³/mol. The highest BCUT2D eigenvalue weighted by Crippen LogP contribution is 2.10. The Balaban J connectivity index is 1.48. The van der Waals surface area contributed by atoms with Gasteiger partial charge < -0.3 is 14.6 Å². The average Bonchev–Trinajstić information content (AvgIpc) is 3.12. The van der Waals surface area contributed by atoms with Gasteiger partial charge in [0.1, 0.15) is 0 Å². The number of likely N-dealkylation sites (tertiary alicyclic amines) is 1. The summed E-state index contributed by atoms with van der Waals surface area (Å²) < 4.78 is 1.97. The Labute approximate surface area is 119 Å². The highest BCUT2D eigenvalue weighted by atomic mass is 16.1. The number of rotatable bonds is 5. The first-order valence-corrected chi connectivity index (χ1v) is 7.40. The Hall–Kier alpha value is -1.81. The number of nitrogens with one attached hydrogen (secondary N) is 1. The van der Waals surface area contributed by atoms with Crippen molar-refractivity contribution in [2.45, 2.75) is 19.3 Å². The number of carbonyl (C=O) groups is 1. The summed E-state index contributed by atoms with van der Waals surface area (Å²) in [6, 6.07) is 7.87. The fourth-order valence-corrected chi connectivity index (χ4v) is 2.79. The monoisotopic (exact) mass is 271 g/mol. The van der Waals surface area contributed by atoms with Crippen LogP contribution in [0.25, 0.3) is 5.52 Å². The van der Waals surface area contributed by atoms with E-state index in [2.05, 4.69) is 10.2 Å². The third-order valence-corrected chi connectivity index (χ3v) is 3.90. The third-order valence-electron chi connectivity index (χ3n) is 3.90. The van der Waals surface area contributed by atoms with Gasteiger partial charge in [-0.15, -0.1) is 0 Å². The molecule has 4 heteroatoms. The molecule has 0 saturated carbocycles. The smallest absolute Gasteiger partial charge is 0.252 e. The van der Waals surface area contributed by atoms with Gasteiger partial charge in [-0.3, -0.25) is 4.79 Å². The van der Waals surface area contributed by atoms with Gasteiger partial charge in [0.05, 0.1) is 5.56 Å². The van der Waals surface area contributed by atoms with E-state index in [-0.39, 0.29) is 5.91 Å². The SMILES string of the molecule is O=C(NCCCN1CCCC1)c1cc2ccccn2c1. The molecule has 4 nitrogen and oxygen atoms in total. The first-order chi connectivity index (χ1) is 9.83. The maximum Gasteiger partial charge on any atom is 0.252 e. The zero-order valence-electron chi connectivity index (χ0n) is 11.7. The lowest BCUT2D eigenvalue weighted by molar-refractivity contribution is 0.0952. The number of carbonyl (C=O) groups excluding carboxylic acids is 1. The molecule has 20 heavy (non-hydrogen) atoms. The van der Waals surface area contributed by atoms with Crippen molar-refractivity contribution in [2.75, 3.05) is 26.2 Å². The van der Waals surface area contributed by atoms with Crippen LogP contribution in [0.3, 0.4) is 0 Å². The predicted octanol–water partition coefficient (Wildman–Crippen LogP) is 2.16. The molecule has 1 aliphatic heterocycles. The topological polar surface area (TPSA) is 36.8 Å². The first kappa shape index (κ1) is 13.2. The van der Waals surface area contributed by atoms with E-state index in [1.807, 2.05) is 41.1 Å². The highest BCUT2D eigenvalue weighted by molar-refractivity contribution is 5.95. The van der Waals surface area contributed by atoms with Crippen molar-refractivity contribution >= 4 is 11.4 Å². The summed E-state index contributed by atoms with van der Waals surface area (Å²) in [4.78, 5) is 14.5. The molecule has 3 heterocycles. The molecule has 0 aliphatic carbocycles. The Kier molecular flexibility index (Phi) is 4.02. The van der Waals surface area contributed by atoms with E-state index in [4.69, 9.17) is 0 Å². The van der Waals surface area contributed by atoms with Crippen LogP contribution >= 0.6 is 0 Å². The summed E-state index contributed by atoms with van der Waals surface area (Å²) in [5.41, 5.74) is 1.78. The Bertz CT molecular complexity index is 551. The van der Waals surface area contributed by atoms with Gasteiger partial charge in [0.15, 0.2) is 0 Å². The first-order valence-electron chi connectivity index (χ1n) is 7.40. The maximum atomic E-state index is 12.1. The molecule has 1 amide bonds. The Morgan fingerprint density at radius 3 is 2.90 bits per heavy atom. The van der Waals surface area contributed by atoms with Crippen LogP contribution < -0.4 is 5.32 Å². The van der Waals surface area contributed by atoms with Crippen molar-refractivity contribution in [3.8, 4) is 0 Å². The van der Waals surface area contributed by atoms with Gasteiger partial charge in [-0.25, -0.2) is 0 Å². The second-order valence-corrected chi connectivity index (χ2v) is 5.42. The minimum atomic E-state index is 0.0233. The van der Waals surface area contributed by atoms with Crippen molar-refractivity contribution in [1.82, 2.24) is 14.6 Å². The van der Waals surface area contributed by atoms with Crippen molar-refractivity contribution in [3.63, 3.8) is 0 Å². The highest BCUT2D eigenvalue weighted by Gasteiger charge is 2.11. The van der Waals surface area contributed by atoms with E-state index in [0.717, 1.165) is 30.6 Å². The van der Waals surface area contributed by atoms with Crippen LogP contribution in [0.4, 0.5) is 0 Å². The summed E-state index contributed by atoms with van der Waals surface area (Å²) in [6.07, 6.45) is 7.51. The molecule has 3 rings (SSSR count).